The van der Waals surface area contributed by atoms with Gasteiger partial charge in [-0.2, -0.15) is 0 Å². The molecule has 1 aromatic carbocycles. The number of nitrogens with zero attached hydrogens (tertiary/aromatic N) is 5. The van der Waals surface area contributed by atoms with E-state index in [0.29, 0.717) is 18.9 Å². The summed E-state index contributed by atoms with van der Waals surface area (Å²) in [4.78, 5) is 11.2. The Balaban J connectivity index is 1.90. The SMILES string of the molecule is Cc1nccc(-c2nnc(N)nc2-c2ccccc2)c1N1CCOCC1. The first-order valence-corrected chi connectivity index (χ1v) is 8.58. The van der Waals surface area contributed by atoms with Crippen LogP contribution in [-0.2, 0) is 4.74 Å². The molecule has 0 bridgehead atoms. The van der Waals surface area contributed by atoms with Crippen LogP contribution in [0, 0.1) is 6.92 Å². The zero-order valence-electron chi connectivity index (χ0n) is 14.6. The third kappa shape index (κ3) is 3.09. The van der Waals surface area contributed by atoms with E-state index in [1.165, 1.54) is 0 Å². The number of hydrogen-bond donors (Lipinski definition) is 1. The molecule has 0 saturated carbocycles. The monoisotopic (exact) mass is 348 g/mol. The van der Waals surface area contributed by atoms with E-state index in [1.807, 2.05) is 43.3 Å². The molecule has 26 heavy (non-hydrogen) atoms. The zero-order valence-corrected chi connectivity index (χ0v) is 14.6. The maximum absolute atomic E-state index is 5.83. The van der Waals surface area contributed by atoms with Gasteiger partial charge in [-0.3, -0.25) is 4.98 Å². The highest BCUT2D eigenvalue weighted by Crippen LogP contribution is 2.36. The van der Waals surface area contributed by atoms with Gasteiger partial charge in [-0.15, -0.1) is 10.2 Å². The summed E-state index contributed by atoms with van der Waals surface area (Å²) in [6, 6.07) is 11.9. The molecule has 0 aliphatic carbocycles. The van der Waals surface area contributed by atoms with Crippen LogP contribution < -0.4 is 10.6 Å². The Kier molecular flexibility index (Phi) is 4.45. The summed E-state index contributed by atoms with van der Waals surface area (Å²) in [5.74, 6) is 0.159. The number of anilines is 2. The molecule has 4 rings (SSSR count). The molecule has 3 heterocycles. The molecular weight excluding hydrogens is 328 g/mol. The Morgan fingerprint density at radius 1 is 1.00 bits per heavy atom. The number of nitrogens with two attached hydrogens (primary N) is 1. The van der Waals surface area contributed by atoms with Gasteiger partial charge in [0.25, 0.3) is 0 Å². The van der Waals surface area contributed by atoms with Gasteiger partial charge in [0.15, 0.2) is 0 Å². The summed E-state index contributed by atoms with van der Waals surface area (Å²) in [5, 5.41) is 8.41. The molecule has 3 aromatic rings. The Labute approximate surface area is 151 Å². The molecular formula is C19H20N6O. The van der Waals surface area contributed by atoms with Gasteiger partial charge in [-0.25, -0.2) is 4.98 Å². The summed E-state index contributed by atoms with van der Waals surface area (Å²) < 4.78 is 5.50. The number of ether oxygens (including phenoxy) is 1. The van der Waals surface area contributed by atoms with Gasteiger partial charge in [0.2, 0.25) is 5.95 Å². The van der Waals surface area contributed by atoms with Crippen LogP contribution in [0.5, 0.6) is 0 Å². The van der Waals surface area contributed by atoms with Crippen molar-refractivity contribution >= 4 is 11.6 Å². The van der Waals surface area contributed by atoms with Gasteiger partial charge >= 0.3 is 0 Å². The largest absolute Gasteiger partial charge is 0.378 e. The van der Waals surface area contributed by atoms with Crippen LogP contribution in [0.15, 0.2) is 42.6 Å². The van der Waals surface area contributed by atoms with E-state index in [1.54, 1.807) is 6.20 Å². The van der Waals surface area contributed by atoms with Crippen molar-refractivity contribution in [3.8, 4) is 22.5 Å². The fourth-order valence-electron chi connectivity index (χ4n) is 3.25. The van der Waals surface area contributed by atoms with Crippen LogP contribution in [0.25, 0.3) is 22.5 Å². The van der Waals surface area contributed by atoms with Crippen LogP contribution in [-0.4, -0.2) is 46.5 Å². The first-order chi connectivity index (χ1) is 12.7. The quantitative estimate of drug-likeness (QED) is 0.777. The summed E-state index contributed by atoms with van der Waals surface area (Å²) in [7, 11) is 0. The highest BCUT2D eigenvalue weighted by atomic mass is 16.5. The molecule has 0 spiro atoms. The molecule has 7 heteroatoms. The number of hydrogen-bond acceptors (Lipinski definition) is 7. The van der Waals surface area contributed by atoms with E-state index in [2.05, 4.69) is 25.1 Å². The lowest BCUT2D eigenvalue weighted by molar-refractivity contribution is 0.122. The third-order valence-electron chi connectivity index (χ3n) is 4.44. The lowest BCUT2D eigenvalue weighted by atomic mass is 10.0. The van der Waals surface area contributed by atoms with E-state index in [9.17, 15) is 0 Å². The van der Waals surface area contributed by atoms with Crippen molar-refractivity contribution in [3.63, 3.8) is 0 Å². The van der Waals surface area contributed by atoms with Gasteiger partial charge in [0, 0.05) is 30.4 Å². The predicted octanol–water partition coefficient (Wildman–Crippen LogP) is 2.33. The molecule has 0 amide bonds. The fraction of sp³-hybridized carbons (Fsp3) is 0.263. The van der Waals surface area contributed by atoms with Crippen LogP contribution in [0.4, 0.5) is 11.6 Å². The van der Waals surface area contributed by atoms with Crippen molar-refractivity contribution in [1.29, 1.82) is 0 Å². The molecule has 0 radical (unpaired) electrons. The average Bonchev–Trinajstić information content (AvgIpc) is 2.69. The topological polar surface area (TPSA) is 90.0 Å². The van der Waals surface area contributed by atoms with E-state index in [-0.39, 0.29) is 5.95 Å². The highest BCUT2D eigenvalue weighted by molar-refractivity contribution is 5.86. The smallest absolute Gasteiger partial charge is 0.240 e. The molecule has 132 valence electrons. The lowest BCUT2D eigenvalue weighted by Gasteiger charge is -2.31. The molecule has 7 nitrogen and oxygen atoms in total. The second-order valence-electron chi connectivity index (χ2n) is 6.13. The van der Waals surface area contributed by atoms with Gasteiger partial charge in [-0.05, 0) is 13.0 Å². The zero-order chi connectivity index (χ0) is 17.9. The van der Waals surface area contributed by atoms with Gasteiger partial charge in [-0.1, -0.05) is 30.3 Å². The summed E-state index contributed by atoms with van der Waals surface area (Å²) in [6.07, 6.45) is 1.79. The molecule has 2 aromatic heterocycles. The first kappa shape index (κ1) is 16.4. The number of morpholine rings is 1. The number of pyridine rings is 1. The van der Waals surface area contributed by atoms with Crippen molar-refractivity contribution in [3.05, 3.63) is 48.3 Å². The lowest BCUT2D eigenvalue weighted by Crippen LogP contribution is -2.37. The third-order valence-corrected chi connectivity index (χ3v) is 4.44. The molecule has 0 atom stereocenters. The number of aryl methyl sites for hydroxylation is 1. The van der Waals surface area contributed by atoms with Crippen molar-refractivity contribution in [1.82, 2.24) is 20.2 Å². The van der Waals surface area contributed by atoms with Crippen LogP contribution in [0.3, 0.4) is 0 Å². The van der Waals surface area contributed by atoms with Crippen molar-refractivity contribution in [2.24, 2.45) is 0 Å². The van der Waals surface area contributed by atoms with Crippen LogP contribution >= 0.6 is 0 Å². The Bertz CT molecular complexity index is 909. The normalized spacial score (nSPS) is 14.4. The predicted molar refractivity (Wildman–Crippen MR) is 101 cm³/mol. The Morgan fingerprint density at radius 3 is 2.54 bits per heavy atom. The van der Waals surface area contributed by atoms with E-state index >= 15 is 0 Å². The van der Waals surface area contributed by atoms with Gasteiger partial charge in [0.05, 0.1) is 24.6 Å². The summed E-state index contributed by atoms with van der Waals surface area (Å²) >= 11 is 0. The Hall–Kier alpha value is -3.06. The van der Waals surface area contributed by atoms with Gasteiger partial charge < -0.3 is 15.4 Å². The minimum Gasteiger partial charge on any atom is -0.378 e. The number of rotatable bonds is 3. The minimum absolute atomic E-state index is 0.159. The van der Waals surface area contributed by atoms with Crippen LogP contribution in [0.2, 0.25) is 0 Å². The second kappa shape index (κ2) is 7.05. The van der Waals surface area contributed by atoms with Gasteiger partial charge in [0.1, 0.15) is 11.4 Å². The van der Waals surface area contributed by atoms with E-state index < -0.39 is 0 Å². The number of nitrogen functional groups attached to an aromatic ring is 1. The fourth-order valence-corrected chi connectivity index (χ4v) is 3.25. The van der Waals surface area contributed by atoms with Crippen molar-refractivity contribution in [2.45, 2.75) is 6.92 Å². The maximum Gasteiger partial charge on any atom is 0.240 e. The minimum atomic E-state index is 0.159. The number of benzene rings is 1. The standard InChI is InChI=1S/C19H20N6O/c1-13-18(25-9-11-26-12-10-25)15(7-8-21-13)17-16(22-19(20)24-23-17)14-5-3-2-4-6-14/h2-8H,9-12H2,1H3,(H2,20,22,24). The molecule has 1 saturated heterocycles. The molecule has 1 aliphatic heterocycles. The first-order valence-electron chi connectivity index (χ1n) is 8.58. The molecule has 1 aliphatic rings. The Morgan fingerprint density at radius 2 is 1.77 bits per heavy atom. The molecule has 2 N–H and O–H groups in total. The molecule has 1 fully saturated rings. The average molecular weight is 348 g/mol. The number of aromatic nitrogens is 4. The summed E-state index contributed by atoms with van der Waals surface area (Å²) in [5.41, 5.74) is 11.2. The summed E-state index contributed by atoms with van der Waals surface area (Å²) in [6.45, 7) is 5.04. The second-order valence-corrected chi connectivity index (χ2v) is 6.13. The van der Waals surface area contributed by atoms with Crippen LogP contribution in [0.1, 0.15) is 5.69 Å². The highest BCUT2D eigenvalue weighted by Gasteiger charge is 2.22. The molecule has 0 unspecified atom stereocenters. The van der Waals surface area contributed by atoms with Crippen molar-refractivity contribution in [2.75, 3.05) is 36.9 Å². The van der Waals surface area contributed by atoms with E-state index in [4.69, 9.17) is 10.5 Å². The van der Waals surface area contributed by atoms with E-state index in [0.717, 1.165) is 41.3 Å². The van der Waals surface area contributed by atoms with Crippen molar-refractivity contribution < 1.29 is 4.74 Å². The maximum atomic E-state index is 5.83.